The third kappa shape index (κ3) is 5.72. The van der Waals surface area contributed by atoms with Crippen molar-refractivity contribution in [1.82, 2.24) is 4.90 Å². The number of halogens is 1. The van der Waals surface area contributed by atoms with Crippen LogP contribution in [0.4, 0.5) is 0 Å². The predicted molar refractivity (Wildman–Crippen MR) is 149 cm³/mol. The molecule has 1 N–H and O–H groups in total. The lowest BCUT2D eigenvalue weighted by Gasteiger charge is -2.22. The van der Waals surface area contributed by atoms with Gasteiger partial charge in [-0.05, 0) is 97.3 Å². The minimum absolute atomic E-state index is 0.112. The van der Waals surface area contributed by atoms with Gasteiger partial charge in [0.25, 0.3) is 5.91 Å². The molecule has 0 fully saturated rings. The average molecular weight is 603 g/mol. The Hall–Kier alpha value is -2.79. The molecule has 0 spiro atoms. The van der Waals surface area contributed by atoms with Crippen molar-refractivity contribution in [3.63, 3.8) is 0 Å². The Balaban J connectivity index is 1.50. The second-order valence-electron chi connectivity index (χ2n) is 8.02. The molecule has 0 unspecified atom stereocenters. The van der Waals surface area contributed by atoms with Gasteiger partial charge in [0.2, 0.25) is 0 Å². The van der Waals surface area contributed by atoms with Crippen LogP contribution in [-0.2, 0) is 4.79 Å². The summed E-state index contributed by atoms with van der Waals surface area (Å²) in [6, 6.07) is 9.72. The lowest BCUT2D eigenvalue weighted by Crippen LogP contribution is -2.35. The molecule has 0 atom stereocenters. The van der Waals surface area contributed by atoms with Gasteiger partial charge in [0, 0.05) is 11.1 Å². The molecule has 1 amide bonds. The summed E-state index contributed by atoms with van der Waals surface area (Å²) in [6.07, 6.45) is 3.49. The number of nitrogens with zero attached hydrogens (tertiary/aromatic N) is 2. The van der Waals surface area contributed by atoms with Gasteiger partial charge >= 0.3 is 0 Å². The summed E-state index contributed by atoms with van der Waals surface area (Å²) >= 11 is 3.58. The predicted octanol–water partition coefficient (Wildman–Crippen LogP) is 5.93. The molecule has 2 heterocycles. The summed E-state index contributed by atoms with van der Waals surface area (Å²) in [4.78, 5) is 19.4. The number of nitrogens with one attached hydrogen (secondary N) is 1. The molecular weight excluding hydrogens is 577 g/mol. The van der Waals surface area contributed by atoms with E-state index in [4.69, 9.17) is 19.6 Å². The van der Waals surface area contributed by atoms with E-state index in [1.807, 2.05) is 50.4 Å². The van der Waals surface area contributed by atoms with Crippen LogP contribution < -0.4 is 14.2 Å². The number of fused-ring (bicyclic) bond motifs is 1. The Bertz CT molecular complexity index is 1290. The van der Waals surface area contributed by atoms with E-state index < -0.39 is 5.91 Å². The molecule has 0 saturated heterocycles. The fourth-order valence-electron chi connectivity index (χ4n) is 3.55. The second kappa shape index (κ2) is 10.9. The molecular formula is C26H26IN3O4S. The zero-order chi connectivity index (χ0) is 25.1. The number of ether oxygens (including phenoxy) is 3. The number of allylic oxidation sites excluding steroid dienone is 1. The highest BCUT2D eigenvalue weighted by Crippen LogP contribution is 2.36. The molecule has 0 saturated carbocycles. The van der Waals surface area contributed by atoms with Crippen molar-refractivity contribution in [2.45, 2.75) is 27.7 Å². The smallest absolute Gasteiger partial charge is 0.283 e. The lowest BCUT2D eigenvalue weighted by molar-refractivity contribution is -0.114. The van der Waals surface area contributed by atoms with Crippen molar-refractivity contribution in [3.8, 4) is 17.2 Å². The van der Waals surface area contributed by atoms with Crippen molar-refractivity contribution in [1.29, 1.82) is 5.41 Å². The van der Waals surface area contributed by atoms with E-state index in [2.05, 4.69) is 41.4 Å². The van der Waals surface area contributed by atoms with Crippen molar-refractivity contribution in [3.05, 3.63) is 67.3 Å². The Labute approximate surface area is 222 Å². The van der Waals surface area contributed by atoms with Crippen LogP contribution in [0.25, 0.3) is 6.08 Å². The number of aliphatic imine (C=N–C) groups is 1. The van der Waals surface area contributed by atoms with Crippen LogP contribution in [0, 0.1) is 22.8 Å². The first-order valence-electron chi connectivity index (χ1n) is 11.1. The molecule has 0 bridgehead atoms. The number of carbonyl (C=O) groups is 1. The van der Waals surface area contributed by atoms with Crippen LogP contribution in [-0.4, -0.2) is 41.6 Å². The minimum atomic E-state index is -0.423. The van der Waals surface area contributed by atoms with Gasteiger partial charge in [0.05, 0.1) is 15.8 Å². The summed E-state index contributed by atoms with van der Waals surface area (Å²) < 4.78 is 18.5. The Morgan fingerprint density at radius 1 is 1.09 bits per heavy atom. The standard InChI is InChI=1S/C26H26IN3O4S/c1-5-32-22-13-18(11-20-24(28)30-14-17(4)35-26(30)29-25(20)31)12-21(27)23(22)34-9-8-33-19-7-6-15(2)16(3)10-19/h6-7,10-14,28H,5,8-9H2,1-4H3/b20-11+,28-24?. The molecule has 2 aliphatic heterocycles. The minimum Gasteiger partial charge on any atom is -0.490 e. The van der Waals surface area contributed by atoms with E-state index >= 15 is 0 Å². The molecule has 2 aromatic rings. The van der Waals surface area contributed by atoms with Crippen molar-refractivity contribution in [2.75, 3.05) is 19.8 Å². The van der Waals surface area contributed by atoms with Crippen LogP contribution in [0.2, 0.25) is 0 Å². The van der Waals surface area contributed by atoms with Crippen LogP contribution in [0.15, 0.2) is 52.0 Å². The molecule has 182 valence electrons. The summed E-state index contributed by atoms with van der Waals surface area (Å²) in [6.45, 7) is 9.16. The van der Waals surface area contributed by atoms with Gasteiger partial charge in [-0.3, -0.25) is 15.1 Å². The van der Waals surface area contributed by atoms with Crippen LogP contribution in [0.3, 0.4) is 0 Å². The Kier molecular flexibility index (Phi) is 7.85. The van der Waals surface area contributed by atoms with Crippen LogP contribution in [0.1, 0.15) is 30.5 Å². The monoisotopic (exact) mass is 603 g/mol. The molecule has 2 aliphatic rings. The lowest BCUT2D eigenvalue weighted by atomic mass is 10.1. The summed E-state index contributed by atoms with van der Waals surface area (Å²) in [7, 11) is 0. The maximum absolute atomic E-state index is 12.6. The molecule has 0 radical (unpaired) electrons. The number of amidine groups is 2. The number of aryl methyl sites for hydroxylation is 2. The first-order valence-corrected chi connectivity index (χ1v) is 13.0. The number of benzene rings is 2. The number of rotatable bonds is 8. The largest absolute Gasteiger partial charge is 0.490 e. The van der Waals surface area contributed by atoms with Gasteiger partial charge in [-0.1, -0.05) is 17.8 Å². The fraction of sp³-hybridized carbons (Fsp3) is 0.269. The highest BCUT2D eigenvalue weighted by Gasteiger charge is 2.33. The van der Waals surface area contributed by atoms with Gasteiger partial charge in [-0.2, -0.15) is 4.99 Å². The summed E-state index contributed by atoms with van der Waals surface area (Å²) in [5, 5.41) is 9.03. The van der Waals surface area contributed by atoms with E-state index in [0.29, 0.717) is 36.5 Å². The van der Waals surface area contributed by atoms with Gasteiger partial charge in [0.15, 0.2) is 16.7 Å². The maximum atomic E-state index is 12.6. The molecule has 4 rings (SSSR count). The van der Waals surface area contributed by atoms with Gasteiger partial charge in [-0.15, -0.1) is 0 Å². The molecule has 35 heavy (non-hydrogen) atoms. The van der Waals surface area contributed by atoms with Gasteiger partial charge in [-0.25, -0.2) is 0 Å². The number of carbonyl (C=O) groups excluding carboxylic acids is 1. The summed E-state index contributed by atoms with van der Waals surface area (Å²) in [5.74, 6) is 1.70. The highest BCUT2D eigenvalue weighted by molar-refractivity contribution is 14.1. The number of amides is 1. The first kappa shape index (κ1) is 25.3. The number of hydrogen-bond donors (Lipinski definition) is 1. The maximum Gasteiger partial charge on any atom is 0.283 e. The van der Waals surface area contributed by atoms with Crippen molar-refractivity contribution in [2.24, 2.45) is 4.99 Å². The van der Waals surface area contributed by atoms with E-state index in [1.165, 1.54) is 22.9 Å². The van der Waals surface area contributed by atoms with Crippen molar-refractivity contribution < 1.29 is 19.0 Å². The number of hydrogen-bond acceptors (Lipinski definition) is 6. The third-order valence-corrected chi connectivity index (χ3v) is 7.11. The van der Waals surface area contributed by atoms with E-state index in [9.17, 15) is 4.79 Å². The second-order valence-corrected chi connectivity index (χ2v) is 10.4. The average Bonchev–Trinajstić information content (AvgIpc) is 3.18. The molecule has 2 aromatic carbocycles. The topological polar surface area (TPSA) is 84.2 Å². The molecule has 7 nitrogen and oxygen atoms in total. The van der Waals surface area contributed by atoms with E-state index in [1.54, 1.807) is 11.0 Å². The zero-order valence-corrected chi connectivity index (χ0v) is 23.0. The molecule has 0 aliphatic carbocycles. The van der Waals surface area contributed by atoms with Crippen LogP contribution >= 0.6 is 34.4 Å². The SMILES string of the molecule is CCOc1cc(/C=C2\C(=N)N3C=C(C)SC3=NC2=O)cc(I)c1OCCOc1ccc(C)c(C)c1. The molecule has 9 heteroatoms. The van der Waals surface area contributed by atoms with Crippen LogP contribution in [0.5, 0.6) is 17.2 Å². The Morgan fingerprint density at radius 3 is 2.60 bits per heavy atom. The zero-order valence-electron chi connectivity index (χ0n) is 20.0. The first-order chi connectivity index (χ1) is 16.8. The fourth-order valence-corrected chi connectivity index (χ4v) is 5.15. The third-order valence-electron chi connectivity index (χ3n) is 5.41. The van der Waals surface area contributed by atoms with Gasteiger partial charge < -0.3 is 14.2 Å². The van der Waals surface area contributed by atoms with E-state index in [0.717, 1.165) is 19.8 Å². The normalized spacial score (nSPS) is 16.3. The van der Waals surface area contributed by atoms with Gasteiger partial charge in [0.1, 0.15) is 24.8 Å². The highest BCUT2D eigenvalue weighted by atomic mass is 127. The van der Waals surface area contributed by atoms with Crippen molar-refractivity contribution >= 4 is 57.3 Å². The molecule has 0 aromatic heterocycles. The number of thioether (sulfide) groups is 1. The quantitative estimate of drug-likeness (QED) is 0.229. The summed E-state index contributed by atoms with van der Waals surface area (Å²) in [5.41, 5.74) is 3.37. The van der Waals surface area contributed by atoms with E-state index in [-0.39, 0.29) is 11.4 Å². The Morgan fingerprint density at radius 2 is 1.86 bits per heavy atom.